The quantitative estimate of drug-likeness (QED) is 0.904. The predicted octanol–water partition coefficient (Wildman–Crippen LogP) is 2.72. The molecule has 0 unspecified atom stereocenters. The van der Waals surface area contributed by atoms with E-state index < -0.39 is 0 Å². The van der Waals surface area contributed by atoms with Gasteiger partial charge in [0.1, 0.15) is 5.75 Å². The SMILES string of the molecule is CN[C@@H]1CCOc2cc(CN3CCCCC3)ccc21. The Labute approximate surface area is 115 Å². The lowest BCUT2D eigenvalue weighted by atomic mass is 9.98. The van der Waals surface area contributed by atoms with Crippen molar-refractivity contribution >= 4 is 0 Å². The molecule has 0 aliphatic carbocycles. The maximum Gasteiger partial charge on any atom is 0.124 e. The number of hydrogen-bond donors (Lipinski definition) is 1. The Morgan fingerprint density at radius 1 is 1.26 bits per heavy atom. The van der Waals surface area contributed by atoms with Crippen molar-refractivity contribution in [1.82, 2.24) is 10.2 Å². The Bertz CT molecular complexity index is 427. The van der Waals surface area contributed by atoms with E-state index in [1.54, 1.807) is 0 Å². The molecule has 0 amide bonds. The molecule has 1 fully saturated rings. The highest BCUT2D eigenvalue weighted by atomic mass is 16.5. The van der Waals surface area contributed by atoms with Gasteiger partial charge in [-0.15, -0.1) is 0 Å². The molecule has 0 bridgehead atoms. The standard InChI is InChI=1S/C16H24N2O/c1-17-15-7-10-19-16-11-13(5-6-14(15)16)12-18-8-3-2-4-9-18/h5-6,11,15,17H,2-4,7-10,12H2,1H3/t15-/m1/s1. The Kier molecular flexibility index (Phi) is 4.04. The lowest BCUT2D eigenvalue weighted by Crippen LogP contribution is -2.29. The van der Waals surface area contributed by atoms with E-state index in [9.17, 15) is 0 Å². The van der Waals surface area contributed by atoms with Gasteiger partial charge in [-0.1, -0.05) is 18.6 Å². The summed E-state index contributed by atoms with van der Waals surface area (Å²) in [5.74, 6) is 1.08. The molecule has 2 aliphatic heterocycles. The Morgan fingerprint density at radius 3 is 2.89 bits per heavy atom. The van der Waals surface area contributed by atoms with E-state index >= 15 is 0 Å². The largest absolute Gasteiger partial charge is 0.493 e. The fraction of sp³-hybridized carbons (Fsp3) is 0.625. The van der Waals surface area contributed by atoms with Gasteiger partial charge in [-0.05, 0) is 44.6 Å². The summed E-state index contributed by atoms with van der Waals surface area (Å²) in [5.41, 5.74) is 2.70. The molecule has 0 radical (unpaired) electrons. The summed E-state index contributed by atoms with van der Waals surface area (Å²) in [7, 11) is 2.03. The van der Waals surface area contributed by atoms with Gasteiger partial charge in [-0.3, -0.25) is 4.90 Å². The second-order valence-corrected chi connectivity index (χ2v) is 5.69. The molecule has 0 spiro atoms. The number of ether oxygens (including phenoxy) is 1. The number of benzene rings is 1. The first-order valence-corrected chi connectivity index (χ1v) is 7.52. The summed E-state index contributed by atoms with van der Waals surface area (Å²) < 4.78 is 5.83. The van der Waals surface area contributed by atoms with Crippen molar-refractivity contribution in [2.75, 3.05) is 26.7 Å². The minimum atomic E-state index is 0.452. The summed E-state index contributed by atoms with van der Waals surface area (Å²) in [5, 5.41) is 3.37. The molecule has 1 aromatic rings. The molecule has 19 heavy (non-hydrogen) atoms. The molecule has 3 rings (SSSR count). The van der Waals surface area contributed by atoms with Crippen molar-refractivity contribution in [3.8, 4) is 5.75 Å². The minimum Gasteiger partial charge on any atom is -0.493 e. The molecular weight excluding hydrogens is 236 g/mol. The molecule has 104 valence electrons. The number of nitrogens with one attached hydrogen (secondary N) is 1. The Morgan fingerprint density at radius 2 is 2.11 bits per heavy atom. The number of rotatable bonds is 3. The van der Waals surface area contributed by atoms with Crippen LogP contribution in [0.15, 0.2) is 18.2 Å². The maximum atomic E-state index is 5.83. The third kappa shape index (κ3) is 2.93. The van der Waals surface area contributed by atoms with Crippen LogP contribution in [0.1, 0.15) is 42.9 Å². The average molecular weight is 260 g/mol. The first-order valence-electron chi connectivity index (χ1n) is 7.52. The van der Waals surface area contributed by atoms with Crippen molar-refractivity contribution in [2.24, 2.45) is 0 Å². The smallest absolute Gasteiger partial charge is 0.124 e. The van der Waals surface area contributed by atoms with E-state index in [0.29, 0.717) is 6.04 Å². The Balaban J connectivity index is 1.73. The van der Waals surface area contributed by atoms with E-state index in [-0.39, 0.29) is 0 Å². The topological polar surface area (TPSA) is 24.5 Å². The highest BCUT2D eigenvalue weighted by Gasteiger charge is 2.20. The maximum absolute atomic E-state index is 5.83. The van der Waals surface area contributed by atoms with Gasteiger partial charge in [-0.2, -0.15) is 0 Å². The molecule has 3 heteroatoms. The normalized spacial score (nSPS) is 23.7. The molecule has 3 nitrogen and oxygen atoms in total. The third-order valence-corrected chi connectivity index (χ3v) is 4.32. The number of nitrogens with zero attached hydrogens (tertiary/aromatic N) is 1. The summed E-state index contributed by atoms with van der Waals surface area (Å²) in [6.45, 7) is 4.39. The predicted molar refractivity (Wildman–Crippen MR) is 77.5 cm³/mol. The van der Waals surface area contributed by atoms with E-state index in [2.05, 4.69) is 28.4 Å². The molecular formula is C16H24N2O. The van der Waals surface area contributed by atoms with Crippen LogP contribution in [-0.4, -0.2) is 31.6 Å². The van der Waals surface area contributed by atoms with Crippen molar-refractivity contribution in [2.45, 2.75) is 38.3 Å². The number of piperidine rings is 1. The molecule has 1 saturated heterocycles. The van der Waals surface area contributed by atoms with Crippen molar-refractivity contribution in [3.63, 3.8) is 0 Å². The van der Waals surface area contributed by atoms with Crippen LogP contribution in [-0.2, 0) is 6.54 Å². The van der Waals surface area contributed by atoms with Crippen LogP contribution < -0.4 is 10.1 Å². The monoisotopic (exact) mass is 260 g/mol. The summed E-state index contributed by atoms with van der Waals surface area (Å²) in [4.78, 5) is 2.56. The molecule has 1 atom stereocenters. The zero-order valence-electron chi connectivity index (χ0n) is 11.8. The van der Waals surface area contributed by atoms with Crippen molar-refractivity contribution < 1.29 is 4.74 Å². The first kappa shape index (κ1) is 12.9. The van der Waals surface area contributed by atoms with E-state index in [4.69, 9.17) is 4.74 Å². The number of fused-ring (bicyclic) bond motifs is 1. The summed E-state index contributed by atoms with van der Waals surface area (Å²) >= 11 is 0. The van der Waals surface area contributed by atoms with E-state index in [1.807, 2.05) is 7.05 Å². The minimum absolute atomic E-state index is 0.452. The number of hydrogen-bond acceptors (Lipinski definition) is 3. The fourth-order valence-corrected chi connectivity index (χ4v) is 3.21. The lowest BCUT2D eigenvalue weighted by Gasteiger charge is -2.28. The van der Waals surface area contributed by atoms with Crippen LogP contribution in [0.25, 0.3) is 0 Å². The van der Waals surface area contributed by atoms with Crippen molar-refractivity contribution in [3.05, 3.63) is 29.3 Å². The number of likely N-dealkylation sites (tertiary alicyclic amines) is 1. The van der Waals surface area contributed by atoms with Gasteiger partial charge in [0.15, 0.2) is 0 Å². The van der Waals surface area contributed by atoms with Gasteiger partial charge in [0.05, 0.1) is 6.61 Å². The highest BCUT2D eigenvalue weighted by molar-refractivity contribution is 5.41. The van der Waals surface area contributed by atoms with Crippen LogP contribution in [0.5, 0.6) is 5.75 Å². The Hall–Kier alpha value is -1.06. The van der Waals surface area contributed by atoms with E-state index in [1.165, 1.54) is 43.5 Å². The fourth-order valence-electron chi connectivity index (χ4n) is 3.21. The zero-order chi connectivity index (χ0) is 13.1. The van der Waals surface area contributed by atoms with Gasteiger partial charge in [-0.25, -0.2) is 0 Å². The second kappa shape index (κ2) is 5.93. The zero-order valence-corrected chi connectivity index (χ0v) is 11.8. The van der Waals surface area contributed by atoms with Gasteiger partial charge in [0.25, 0.3) is 0 Å². The van der Waals surface area contributed by atoms with Crippen LogP contribution in [0.4, 0.5) is 0 Å². The molecule has 0 saturated carbocycles. The molecule has 0 aromatic heterocycles. The second-order valence-electron chi connectivity index (χ2n) is 5.69. The summed E-state index contributed by atoms with van der Waals surface area (Å²) in [6, 6.07) is 7.21. The van der Waals surface area contributed by atoms with Crippen LogP contribution >= 0.6 is 0 Å². The van der Waals surface area contributed by atoms with Gasteiger partial charge < -0.3 is 10.1 Å². The van der Waals surface area contributed by atoms with Crippen molar-refractivity contribution in [1.29, 1.82) is 0 Å². The average Bonchev–Trinajstić information content (AvgIpc) is 2.47. The summed E-state index contributed by atoms with van der Waals surface area (Å²) in [6.07, 6.45) is 5.16. The first-order chi connectivity index (χ1) is 9.36. The lowest BCUT2D eigenvalue weighted by molar-refractivity contribution is 0.219. The van der Waals surface area contributed by atoms with Gasteiger partial charge in [0.2, 0.25) is 0 Å². The van der Waals surface area contributed by atoms with Crippen LogP contribution in [0, 0.1) is 0 Å². The van der Waals surface area contributed by atoms with Gasteiger partial charge in [0, 0.05) is 24.6 Å². The van der Waals surface area contributed by atoms with E-state index in [0.717, 1.165) is 25.3 Å². The highest BCUT2D eigenvalue weighted by Crippen LogP contribution is 2.32. The molecule has 1 N–H and O–H groups in total. The molecule has 1 aromatic carbocycles. The molecule has 2 heterocycles. The van der Waals surface area contributed by atoms with Crippen LogP contribution in [0.3, 0.4) is 0 Å². The third-order valence-electron chi connectivity index (χ3n) is 4.32. The molecule has 2 aliphatic rings. The van der Waals surface area contributed by atoms with Gasteiger partial charge >= 0.3 is 0 Å². The van der Waals surface area contributed by atoms with Crippen LogP contribution in [0.2, 0.25) is 0 Å².